The first-order chi connectivity index (χ1) is 14.5. The Balaban J connectivity index is 1.49. The van der Waals surface area contributed by atoms with E-state index in [1.54, 1.807) is 29.2 Å². The Hall–Kier alpha value is -2.48. The fourth-order valence-corrected chi connectivity index (χ4v) is 4.10. The number of halogens is 2. The molecule has 1 N–H and O–H groups in total. The molecule has 2 heterocycles. The van der Waals surface area contributed by atoms with Crippen molar-refractivity contribution < 1.29 is 19.1 Å². The molecule has 2 aromatic carbocycles. The van der Waals surface area contributed by atoms with E-state index in [0.29, 0.717) is 47.8 Å². The van der Waals surface area contributed by atoms with Crippen LogP contribution >= 0.6 is 23.2 Å². The number of ether oxygens (including phenoxy) is 2. The summed E-state index contributed by atoms with van der Waals surface area (Å²) in [6.45, 7) is 2.44. The molecule has 0 aromatic heterocycles. The van der Waals surface area contributed by atoms with Crippen LogP contribution in [0.15, 0.2) is 42.5 Å². The van der Waals surface area contributed by atoms with Crippen molar-refractivity contribution in [3.63, 3.8) is 0 Å². The van der Waals surface area contributed by atoms with Crippen LogP contribution in [0, 0.1) is 0 Å². The number of benzene rings is 2. The van der Waals surface area contributed by atoms with Gasteiger partial charge in [-0.25, -0.2) is 0 Å². The normalized spacial score (nSPS) is 18.4. The van der Waals surface area contributed by atoms with Crippen LogP contribution in [0.25, 0.3) is 0 Å². The molecule has 2 aromatic rings. The third-order valence-electron chi connectivity index (χ3n) is 4.94. The minimum Gasteiger partial charge on any atom is -0.477 e. The number of hydrogen-bond acceptors (Lipinski definition) is 5. The minimum atomic E-state index is -0.689. The van der Waals surface area contributed by atoms with E-state index in [1.807, 2.05) is 23.1 Å². The van der Waals surface area contributed by atoms with Crippen molar-refractivity contribution in [3.05, 3.63) is 52.5 Å². The SMILES string of the molecule is O=C(CN1C[C@@H](C(=O)N2CCOCC2)Oc2ccccc21)Nc1cc(Cl)cc(Cl)c1. The first kappa shape index (κ1) is 20.8. The van der Waals surface area contributed by atoms with Crippen molar-refractivity contribution in [2.24, 2.45) is 0 Å². The van der Waals surface area contributed by atoms with Gasteiger partial charge in [-0.3, -0.25) is 9.59 Å². The summed E-state index contributed by atoms with van der Waals surface area (Å²) in [4.78, 5) is 29.2. The van der Waals surface area contributed by atoms with Gasteiger partial charge in [-0.1, -0.05) is 35.3 Å². The highest BCUT2D eigenvalue weighted by molar-refractivity contribution is 6.35. The van der Waals surface area contributed by atoms with E-state index in [0.717, 1.165) is 5.69 Å². The Labute approximate surface area is 184 Å². The topological polar surface area (TPSA) is 71.1 Å². The Kier molecular flexibility index (Phi) is 6.32. The first-order valence-corrected chi connectivity index (χ1v) is 10.4. The standard InChI is InChI=1S/C21H21Cl2N3O4/c22-14-9-15(23)11-16(10-14)24-20(27)13-26-12-19(21(28)25-5-7-29-8-6-25)30-18-4-2-1-3-17(18)26/h1-4,9-11,19H,5-8,12-13H2,(H,24,27)/t19-/m0/s1. The maximum Gasteiger partial charge on any atom is 0.265 e. The third-order valence-corrected chi connectivity index (χ3v) is 5.38. The van der Waals surface area contributed by atoms with E-state index in [2.05, 4.69) is 5.32 Å². The Morgan fingerprint density at radius 2 is 1.77 bits per heavy atom. The number of rotatable bonds is 4. The molecule has 158 valence electrons. The Bertz CT molecular complexity index is 929. The molecule has 4 rings (SSSR count). The second kappa shape index (κ2) is 9.12. The summed E-state index contributed by atoms with van der Waals surface area (Å²) in [5.74, 6) is 0.233. The monoisotopic (exact) mass is 449 g/mol. The van der Waals surface area contributed by atoms with Gasteiger partial charge in [-0.2, -0.15) is 0 Å². The summed E-state index contributed by atoms with van der Waals surface area (Å²) in [6, 6.07) is 12.2. The highest BCUT2D eigenvalue weighted by Crippen LogP contribution is 2.33. The fraction of sp³-hybridized carbons (Fsp3) is 0.333. The number of carbonyl (C=O) groups excluding carboxylic acids is 2. The van der Waals surface area contributed by atoms with Crippen LogP contribution in [-0.2, 0) is 14.3 Å². The molecule has 1 atom stereocenters. The Morgan fingerprint density at radius 1 is 1.07 bits per heavy atom. The number of nitrogens with zero attached hydrogens (tertiary/aromatic N) is 2. The second-order valence-electron chi connectivity index (χ2n) is 7.10. The molecule has 0 spiro atoms. The molecule has 0 bridgehead atoms. The molecule has 7 nitrogen and oxygen atoms in total. The molecular formula is C21H21Cl2N3O4. The smallest absolute Gasteiger partial charge is 0.265 e. The van der Waals surface area contributed by atoms with Crippen LogP contribution < -0.4 is 15.0 Å². The van der Waals surface area contributed by atoms with Crippen molar-refractivity contribution in [2.45, 2.75) is 6.10 Å². The summed E-state index contributed by atoms with van der Waals surface area (Å²) in [6.07, 6.45) is -0.689. The largest absolute Gasteiger partial charge is 0.477 e. The number of morpholine rings is 1. The quantitative estimate of drug-likeness (QED) is 0.776. The molecule has 9 heteroatoms. The third kappa shape index (κ3) is 4.80. The van der Waals surface area contributed by atoms with Crippen LogP contribution in [0.3, 0.4) is 0 Å². The first-order valence-electron chi connectivity index (χ1n) is 9.63. The van der Waals surface area contributed by atoms with Crippen molar-refractivity contribution in [1.29, 1.82) is 0 Å². The van der Waals surface area contributed by atoms with Crippen molar-refractivity contribution >= 4 is 46.4 Å². The summed E-state index contributed by atoms with van der Waals surface area (Å²) >= 11 is 12.0. The lowest BCUT2D eigenvalue weighted by Gasteiger charge is -2.38. The lowest BCUT2D eigenvalue weighted by Crippen LogP contribution is -2.53. The summed E-state index contributed by atoms with van der Waals surface area (Å²) in [7, 11) is 0. The van der Waals surface area contributed by atoms with Crippen LogP contribution in [0.4, 0.5) is 11.4 Å². The van der Waals surface area contributed by atoms with Gasteiger partial charge in [-0.15, -0.1) is 0 Å². The molecule has 0 aliphatic carbocycles. The average molecular weight is 450 g/mol. The molecule has 0 saturated carbocycles. The number of fused-ring (bicyclic) bond motifs is 1. The zero-order valence-electron chi connectivity index (χ0n) is 16.1. The number of amides is 2. The van der Waals surface area contributed by atoms with E-state index >= 15 is 0 Å². The summed E-state index contributed by atoms with van der Waals surface area (Å²) < 4.78 is 11.3. The highest BCUT2D eigenvalue weighted by Gasteiger charge is 2.34. The number of hydrogen-bond donors (Lipinski definition) is 1. The predicted octanol–water partition coefficient (Wildman–Crippen LogP) is 3.06. The van der Waals surface area contributed by atoms with Gasteiger partial charge in [0.25, 0.3) is 5.91 Å². The number of carbonyl (C=O) groups is 2. The van der Waals surface area contributed by atoms with Gasteiger partial charge in [0, 0.05) is 28.8 Å². The number of para-hydroxylation sites is 2. The molecule has 1 saturated heterocycles. The lowest BCUT2D eigenvalue weighted by molar-refractivity contribution is -0.142. The van der Waals surface area contributed by atoms with Crippen LogP contribution in [0.2, 0.25) is 10.0 Å². The zero-order chi connectivity index (χ0) is 21.1. The predicted molar refractivity (Wildman–Crippen MR) is 116 cm³/mol. The maximum absolute atomic E-state index is 12.9. The molecule has 0 unspecified atom stereocenters. The van der Waals surface area contributed by atoms with Gasteiger partial charge in [0.2, 0.25) is 5.91 Å². The average Bonchev–Trinajstić information content (AvgIpc) is 2.73. The van der Waals surface area contributed by atoms with E-state index in [-0.39, 0.29) is 24.9 Å². The Morgan fingerprint density at radius 3 is 2.50 bits per heavy atom. The van der Waals surface area contributed by atoms with Crippen molar-refractivity contribution in [3.8, 4) is 5.75 Å². The van der Waals surface area contributed by atoms with Crippen molar-refractivity contribution in [1.82, 2.24) is 4.90 Å². The van der Waals surface area contributed by atoms with Gasteiger partial charge in [0.05, 0.1) is 32.0 Å². The van der Waals surface area contributed by atoms with Gasteiger partial charge in [0.1, 0.15) is 5.75 Å². The maximum atomic E-state index is 12.9. The van der Waals surface area contributed by atoms with Gasteiger partial charge in [-0.05, 0) is 30.3 Å². The van der Waals surface area contributed by atoms with E-state index < -0.39 is 6.10 Å². The van der Waals surface area contributed by atoms with Crippen LogP contribution in [0.5, 0.6) is 5.75 Å². The van der Waals surface area contributed by atoms with E-state index in [4.69, 9.17) is 32.7 Å². The summed E-state index contributed by atoms with van der Waals surface area (Å²) in [5, 5.41) is 3.68. The van der Waals surface area contributed by atoms with Gasteiger partial charge in [0.15, 0.2) is 6.10 Å². The van der Waals surface area contributed by atoms with Gasteiger partial charge >= 0.3 is 0 Å². The molecular weight excluding hydrogens is 429 g/mol. The van der Waals surface area contributed by atoms with Gasteiger partial charge < -0.3 is 24.6 Å². The molecule has 30 heavy (non-hydrogen) atoms. The lowest BCUT2D eigenvalue weighted by atomic mass is 10.1. The fourth-order valence-electron chi connectivity index (χ4n) is 3.57. The van der Waals surface area contributed by atoms with Crippen LogP contribution in [-0.4, -0.2) is 62.2 Å². The number of anilines is 2. The molecule has 2 amide bonds. The van der Waals surface area contributed by atoms with Crippen LogP contribution in [0.1, 0.15) is 0 Å². The van der Waals surface area contributed by atoms with Crippen molar-refractivity contribution in [2.75, 3.05) is 49.6 Å². The molecule has 2 aliphatic heterocycles. The molecule has 1 fully saturated rings. The number of nitrogens with one attached hydrogen (secondary N) is 1. The minimum absolute atomic E-state index is 0.0530. The zero-order valence-corrected chi connectivity index (χ0v) is 17.7. The highest BCUT2D eigenvalue weighted by atomic mass is 35.5. The van der Waals surface area contributed by atoms with E-state index in [9.17, 15) is 9.59 Å². The van der Waals surface area contributed by atoms with E-state index in [1.165, 1.54) is 0 Å². The second-order valence-corrected chi connectivity index (χ2v) is 7.97. The molecule has 0 radical (unpaired) electrons. The molecule has 2 aliphatic rings. The summed E-state index contributed by atoms with van der Waals surface area (Å²) in [5.41, 5.74) is 1.28.